The molecular formula is C17H26IN. The molecule has 2 unspecified atom stereocenters. The molecule has 2 N–H and O–H groups in total. The van der Waals surface area contributed by atoms with Gasteiger partial charge in [-0.3, -0.25) is 0 Å². The molecule has 106 valence electrons. The second-order valence-electron chi connectivity index (χ2n) is 6.25. The molecule has 1 aliphatic carbocycles. The molecule has 19 heavy (non-hydrogen) atoms. The van der Waals surface area contributed by atoms with Gasteiger partial charge in [0.15, 0.2) is 0 Å². The summed E-state index contributed by atoms with van der Waals surface area (Å²) in [6.45, 7) is 2.30. The summed E-state index contributed by atoms with van der Waals surface area (Å²) < 4.78 is 1.30. The highest BCUT2D eigenvalue weighted by Gasteiger charge is 2.29. The fraction of sp³-hybridized carbons (Fsp3) is 0.647. The molecule has 1 saturated carbocycles. The van der Waals surface area contributed by atoms with Crippen molar-refractivity contribution in [2.45, 2.75) is 63.8 Å². The lowest BCUT2D eigenvalue weighted by atomic mass is 9.84. The van der Waals surface area contributed by atoms with Crippen LogP contribution in [0.3, 0.4) is 0 Å². The van der Waals surface area contributed by atoms with Crippen LogP contribution in [0.2, 0.25) is 0 Å². The van der Waals surface area contributed by atoms with E-state index in [2.05, 4.69) is 53.8 Å². The Hall–Kier alpha value is -0.0900. The van der Waals surface area contributed by atoms with Gasteiger partial charge in [-0.05, 0) is 71.9 Å². The first-order valence-electron chi connectivity index (χ1n) is 7.65. The maximum atomic E-state index is 6.69. The second kappa shape index (κ2) is 7.07. The molecule has 0 radical (unpaired) electrons. The zero-order valence-electron chi connectivity index (χ0n) is 12.0. The quantitative estimate of drug-likeness (QED) is 0.591. The fourth-order valence-corrected chi connectivity index (χ4v) is 3.75. The van der Waals surface area contributed by atoms with Gasteiger partial charge in [-0.1, -0.05) is 44.7 Å². The minimum atomic E-state index is 0.0370. The van der Waals surface area contributed by atoms with E-state index in [1.54, 1.807) is 0 Å². The van der Waals surface area contributed by atoms with Crippen LogP contribution in [-0.2, 0) is 6.42 Å². The monoisotopic (exact) mass is 371 g/mol. The molecule has 1 aromatic carbocycles. The summed E-state index contributed by atoms with van der Waals surface area (Å²) in [6, 6.07) is 8.86. The van der Waals surface area contributed by atoms with E-state index in [4.69, 9.17) is 5.73 Å². The lowest BCUT2D eigenvalue weighted by Crippen LogP contribution is -2.41. The van der Waals surface area contributed by atoms with Gasteiger partial charge in [0.25, 0.3) is 0 Å². The third-order valence-corrected chi connectivity index (χ3v) is 5.22. The molecule has 1 fully saturated rings. The van der Waals surface area contributed by atoms with Crippen LogP contribution in [0.4, 0.5) is 0 Å². The van der Waals surface area contributed by atoms with Gasteiger partial charge < -0.3 is 5.73 Å². The number of rotatable bonds is 4. The molecule has 1 aliphatic rings. The molecule has 0 saturated heterocycles. The normalized spacial score (nSPS) is 28.1. The van der Waals surface area contributed by atoms with Gasteiger partial charge in [-0.15, -0.1) is 0 Å². The van der Waals surface area contributed by atoms with Crippen LogP contribution in [0.1, 0.15) is 57.4 Å². The summed E-state index contributed by atoms with van der Waals surface area (Å²) in [5.74, 6) is 0.923. The third kappa shape index (κ3) is 4.75. The van der Waals surface area contributed by atoms with Crippen molar-refractivity contribution in [2.75, 3.05) is 0 Å². The van der Waals surface area contributed by atoms with Crippen LogP contribution in [0.5, 0.6) is 0 Å². The van der Waals surface area contributed by atoms with Gasteiger partial charge >= 0.3 is 0 Å². The van der Waals surface area contributed by atoms with Crippen LogP contribution in [0.25, 0.3) is 0 Å². The maximum absolute atomic E-state index is 6.69. The molecule has 2 heteroatoms. The summed E-state index contributed by atoms with van der Waals surface area (Å²) >= 11 is 2.36. The van der Waals surface area contributed by atoms with Crippen molar-refractivity contribution in [3.63, 3.8) is 0 Å². The van der Waals surface area contributed by atoms with Crippen LogP contribution >= 0.6 is 22.6 Å². The first kappa shape index (κ1) is 15.3. The minimum absolute atomic E-state index is 0.0370. The molecule has 0 heterocycles. The summed E-state index contributed by atoms with van der Waals surface area (Å²) in [6.07, 6.45) is 10.2. The number of hydrogen-bond donors (Lipinski definition) is 1. The highest BCUT2D eigenvalue weighted by Crippen LogP contribution is 2.33. The predicted octanol–water partition coefficient (Wildman–Crippen LogP) is 4.91. The van der Waals surface area contributed by atoms with Crippen molar-refractivity contribution in [1.82, 2.24) is 0 Å². The maximum Gasteiger partial charge on any atom is 0.0195 e. The molecular weight excluding hydrogens is 345 g/mol. The Balaban J connectivity index is 1.96. The van der Waals surface area contributed by atoms with Crippen molar-refractivity contribution < 1.29 is 0 Å². The first-order chi connectivity index (χ1) is 9.11. The largest absolute Gasteiger partial charge is 0.325 e. The molecule has 2 rings (SSSR count). The van der Waals surface area contributed by atoms with Crippen molar-refractivity contribution in [3.8, 4) is 0 Å². The molecule has 0 aromatic heterocycles. The summed E-state index contributed by atoms with van der Waals surface area (Å²) in [5, 5.41) is 0. The molecule has 0 amide bonds. The molecule has 1 aromatic rings. The van der Waals surface area contributed by atoms with Gasteiger partial charge in [0.1, 0.15) is 0 Å². The van der Waals surface area contributed by atoms with E-state index in [0.29, 0.717) is 0 Å². The van der Waals surface area contributed by atoms with Gasteiger partial charge in [0, 0.05) is 9.11 Å². The molecule has 0 bridgehead atoms. The molecule has 2 atom stereocenters. The zero-order valence-corrected chi connectivity index (χ0v) is 14.2. The lowest BCUT2D eigenvalue weighted by Gasteiger charge is -2.28. The number of benzene rings is 1. The van der Waals surface area contributed by atoms with E-state index in [1.165, 1.54) is 54.1 Å². The summed E-state index contributed by atoms with van der Waals surface area (Å²) in [5.41, 5.74) is 8.12. The Morgan fingerprint density at radius 1 is 1.21 bits per heavy atom. The Bertz CT molecular complexity index is 387. The van der Waals surface area contributed by atoms with Crippen molar-refractivity contribution in [2.24, 2.45) is 11.7 Å². The fourth-order valence-electron chi connectivity index (χ4n) is 3.39. The van der Waals surface area contributed by atoms with Gasteiger partial charge in [-0.2, -0.15) is 0 Å². The Morgan fingerprint density at radius 2 is 1.95 bits per heavy atom. The Morgan fingerprint density at radius 3 is 2.63 bits per heavy atom. The average molecular weight is 371 g/mol. The van der Waals surface area contributed by atoms with Crippen molar-refractivity contribution in [3.05, 3.63) is 33.4 Å². The van der Waals surface area contributed by atoms with E-state index < -0.39 is 0 Å². The van der Waals surface area contributed by atoms with Crippen LogP contribution < -0.4 is 5.73 Å². The van der Waals surface area contributed by atoms with Crippen LogP contribution in [0, 0.1) is 9.49 Å². The Labute approximate surface area is 131 Å². The van der Waals surface area contributed by atoms with E-state index in [9.17, 15) is 0 Å². The Kier molecular flexibility index (Phi) is 5.70. The summed E-state index contributed by atoms with van der Waals surface area (Å²) in [7, 11) is 0. The highest BCUT2D eigenvalue weighted by atomic mass is 127. The zero-order chi connectivity index (χ0) is 13.7. The van der Waals surface area contributed by atoms with Gasteiger partial charge in [0.05, 0.1) is 0 Å². The molecule has 0 spiro atoms. The highest BCUT2D eigenvalue weighted by molar-refractivity contribution is 14.1. The van der Waals surface area contributed by atoms with Crippen LogP contribution in [0.15, 0.2) is 24.3 Å². The summed E-state index contributed by atoms with van der Waals surface area (Å²) in [4.78, 5) is 0. The smallest absolute Gasteiger partial charge is 0.0195 e. The van der Waals surface area contributed by atoms with E-state index in [0.717, 1.165) is 12.3 Å². The number of hydrogen-bond acceptors (Lipinski definition) is 1. The first-order valence-corrected chi connectivity index (χ1v) is 8.72. The van der Waals surface area contributed by atoms with E-state index in [-0.39, 0.29) is 5.54 Å². The standard InChI is InChI=1S/C17H26IN/c1-2-4-14-5-3-11-17(19,12-10-14)13-15-6-8-16(18)9-7-15/h6-9,14H,2-5,10-13,19H2,1H3. The van der Waals surface area contributed by atoms with Crippen molar-refractivity contribution >= 4 is 22.6 Å². The number of nitrogens with two attached hydrogens (primary N) is 1. The SMILES string of the molecule is CCCC1CCCC(N)(Cc2ccc(I)cc2)CC1. The second-order valence-corrected chi connectivity index (χ2v) is 7.50. The van der Waals surface area contributed by atoms with Gasteiger partial charge in [0.2, 0.25) is 0 Å². The van der Waals surface area contributed by atoms with E-state index >= 15 is 0 Å². The topological polar surface area (TPSA) is 26.0 Å². The molecule has 1 nitrogen and oxygen atoms in total. The van der Waals surface area contributed by atoms with Gasteiger partial charge in [-0.25, -0.2) is 0 Å². The minimum Gasteiger partial charge on any atom is -0.325 e. The van der Waals surface area contributed by atoms with Crippen molar-refractivity contribution in [1.29, 1.82) is 0 Å². The average Bonchev–Trinajstić information content (AvgIpc) is 2.56. The predicted molar refractivity (Wildman–Crippen MR) is 91.3 cm³/mol. The van der Waals surface area contributed by atoms with E-state index in [1.807, 2.05) is 0 Å². The lowest BCUT2D eigenvalue weighted by molar-refractivity contribution is 0.355. The molecule has 0 aliphatic heterocycles. The third-order valence-electron chi connectivity index (χ3n) is 4.50. The number of halogens is 1. The van der Waals surface area contributed by atoms with Crippen LogP contribution in [-0.4, -0.2) is 5.54 Å².